The standard InChI is InChI=1S/C17H14N2O3/c20-12-16-9-4-8-15(19-16)10-5-11-18-17(21)22-13-14-6-2-1-3-7-14/h1-4,6-9,12H,11,13H2,(H,18,21). The van der Waals surface area contributed by atoms with Gasteiger partial charge in [0.25, 0.3) is 0 Å². The maximum atomic E-state index is 11.5. The van der Waals surface area contributed by atoms with Crippen LogP contribution in [0, 0.1) is 11.8 Å². The first kappa shape index (κ1) is 15.3. The Morgan fingerprint density at radius 3 is 2.77 bits per heavy atom. The summed E-state index contributed by atoms with van der Waals surface area (Å²) < 4.78 is 5.04. The van der Waals surface area contributed by atoms with Crippen LogP contribution in [0.2, 0.25) is 0 Å². The monoisotopic (exact) mass is 294 g/mol. The molecule has 0 saturated heterocycles. The smallest absolute Gasteiger partial charge is 0.408 e. The lowest BCUT2D eigenvalue weighted by Crippen LogP contribution is -2.24. The molecule has 1 N–H and O–H groups in total. The Morgan fingerprint density at radius 1 is 1.18 bits per heavy atom. The topological polar surface area (TPSA) is 68.3 Å². The number of pyridine rings is 1. The number of alkyl carbamates (subject to hydrolysis) is 1. The van der Waals surface area contributed by atoms with E-state index >= 15 is 0 Å². The molecular weight excluding hydrogens is 280 g/mol. The first-order chi connectivity index (χ1) is 10.8. The molecule has 110 valence electrons. The number of aldehydes is 1. The zero-order valence-electron chi connectivity index (χ0n) is 11.8. The van der Waals surface area contributed by atoms with Gasteiger partial charge in [0.15, 0.2) is 6.29 Å². The Balaban J connectivity index is 1.75. The first-order valence-corrected chi connectivity index (χ1v) is 6.63. The number of nitrogens with zero attached hydrogens (tertiary/aromatic N) is 1. The number of hydrogen-bond donors (Lipinski definition) is 1. The predicted octanol–water partition coefficient (Wildman–Crippen LogP) is 2.17. The van der Waals surface area contributed by atoms with E-state index in [0.29, 0.717) is 17.7 Å². The molecule has 22 heavy (non-hydrogen) atoms. The van der Waals surface area contributed by atoms with Crippen molar-refractivity contribution in [2.45, 2.75) is 6.61 Å². The van der Waals surface area contributed by atoms with Crippen molar-refractivity contribution in [3.63, 3.8) is 0 Å². The fraction of sp³-hybridized carbons (Fsp3) is 0.118. The third-order valence-corrected chi connectivity index (χ3v) is 2.64. The fourth-order valence-electron chi connectivity index (χ4n) is 1.61. The summed E-state index contributed by atoms with van der Waals surface area (Å²) in [5, 5.41) is 2.52. The molecule has 0 aliphatic rings. The highest BCUT2D eigenvalue weighted by Crippen LogP contribution is 2.00. The Labute approximate surface area is 128 Å². The van der Waals surface area contributed by atoms with E-state index < -0.39 is 6.09 Å². The minimum absolute atomic E-state index is 0.140. The van der Waals surface area contributed by atoms with Gasteiger partial charge in [-0.15, -0.1) is 0 Å². The zero-order chi connectivity index (χ0) is 15.6. The highest BCUT2D eigenvalue weighted by molar-refractivity contribution is 5.71. The minimum atomic E-state index is -0.534. The second kappa shape index (κ2) is 8.22. The van der Waals surface area contributed by atoms with Crippen molar-refractivity contribution >= 4 is 12.4 Å². The summed E-state index contributed by atoms with van der Waals surface area (Å²) in [6.45, 7) is 0.351. The van der Waals surface area contributed by atoms with Crippen LogP contribution in [-0.2, 0) is 11.3 Å². The Kier molecular flexibility index (Phi) is 5.70. The van der Waals surface area contributed by atoms with E-state index in [1.807, 2.05) is 30.3 Å². The summed E-state index contributed by atoms with van der Waals surface area (Å²) in [7, 11) is 0. The highest BCUT2D eigenvalue weighted by atomic mass is 16.5. The van der Waals surface area contributed by atoms with Crippen LogP contribution in [0.3, 0.4) is 0 Å². The number of benzene rings is 1. The van der Waals surface area contributed by atoms with Crippen LogP contribution in [0.15, 0.2) is 48.5 Å². The van der Waals surface area contributed by atoms with Gasteiger partial charge in [0, 0.05) is 0 Å². The Morgan fingerprint density at radius 2 is 2.00 bits per heavy atom. The summed E-state index contributed by atoms with van der Waals surface area (Å²) in [6.07, 6.45) is 0.123. The fourth-order valence-corrected chi connectivity index (χ4v) is 1.61. The van der Waals surface area contributed by atoms with E-state index in [4.69, 9.17) is 4.74 Å². The third kappa shape index (κ3) is 5.10. The average Bonchev–Trinajstić information content (AvgIpc) is 2.58. The second-order valence-electron chi connectivity index (χ2n) is 4.28. The van der Waals surface area contributed by atoms with Crippen LogP contribution in [0.5, 0.6) is 0 Å². The molecular formula is C17H14N2O3. The largest absolute Gasteiger partial charge is 0.445 e. The minimum Gasteiger partial charge on any atom is -0.445 e. The van der Waals surface area contributed by atoms with Gasteiger partial charge in [-0.25, -0.2) is 9.78 Å². The molecule has 1 amide bonds. The summed E-state index contributed by atoms with van der Waals surface area (Å²) in [6, 6.07) is 14.4. The summed E-state index contributed by atoms with van der Waals surface area (Å²) in [5.41, 5.74) is 1.71. The van der Waals surface area contributed by atoms with Gasteiger partial charge in [-0.2, -0.15) is 0 Å². The van der Waals surface area contributed by atoms with Gasteiger partial charge in [-0.3, -0.25) is 4.79 Å². The van der Waals surface area contributed by atoms with Crippen molar-refractivity contribution in [3.8, 4) is 11.8 Å². The molecule has 0 unspecified atom stereocenters. The highest BCUT2D eigenvalue weighted by Gasteiger charge is 2.00. The van der Waals surface area contributed by atoms with E-state index in [-0.39, 0.29) is 13.2 Å². The van der Waals surface area contributed by atoms with Gasteiger partial charge in [-0.1, -0.05) is 42.3 Å². The summed E-state index contributed by atoms with van der Waals surface area (Å²) in [5.74, 6) is 5.50. The van der Waals surface area contributed by atoms with Gasteiger partial charge in [0.1, 0.15) is 18.0 Å². The molecule has 0 spiro atoms. The molecule has 0 atom stereocenters. The molecule has 0 aliphatic heterocycles. The van der Waals surface area contributed by atoms with E-state index in [9.17, 15) is 9.59 Å². The first-order valence-electron chi connectivity index (χ1n) is 6.63. The Bertz CT molecular complexity index is 703. The second-order valence-corrected chi connectivity index (χ2v) is 4.28. The number of nitrogens with one attached hydrogen (secondary N) is 1. The van der Waals surface area contributed by atoms with Crippen LogP contribution in [0.4, 0.5) is 4.79 Å². The van der Waals surface area contributed by atoms with Crippen molar-refractivity contribution in [1.29, 1.82) is 0 Å². The molecule has 1 heterocycles. The number of rotatable bonds is 4. The molecule has 0 saturated carbocycles. The van der Waals surface area contributed by atoms with E-state index in [0.717, 1.165) is 5.56 Å². The molecule has 0 fully saturated rings. The van der Waals surface area contributed by atoms with Crippen LogP contribution < -0.4 is 5.32 Å². The molecule has 0 aliphatic carbocycles. The number of ether oxygens (including phenoxy) is 1. The van der Waals surface area contributed by atoms with Crippen molar-refractivity contribution in [3.05, 3.63) is 65.5 Å². The average molecular weight is 294 g/mol. The third-order valence-electron chi connectivity index (χ3n) is 2.64. The molecule has 1 aromatic carbocycles. The summed E-state index contributed by atoms with van der Waals surface area (Å²) in [4.78, 5) is 26.0. The number of carbonyl (C=O) groups excluding carboxylic acids is 2. The van der Waals surface area contributed by atoms with Gasteiger partial charge in [-0.05, 0) is 23.6 Å². The van der Waals surface area contributed by atoms with Crippen molar-refractivity contribution in [2.75, 3.05) is 6.54 Å². The lowest BCUT2D eigenvalue weighted by atomic mass is 10.2. The zero-order valence-corrected chi connectivity index (χ0v) is 11.8. The normalized spacial score (nSPS) is 9.27. The lowest BCUT2D eigenvalue weighted by Gasteiger charge is -2.04. The van der Waals surface area contributed by atoms with Crippen LogP contribution in [-0.4, -0.2) is 23.9 Å². The maximum absolute atomic E-state index is 11.5. The predicted molar refractivity (Wildman–Crippen MR) is 81.1 cm³/mol. The van der Waals surface area contributed by atoms with E-state index in [1.165, 1.54) is 0 Å². The molecule has 5 heteroatoms. The molecule has 0 bridgehead atoms. The van der Waals surface area contributed by atoms with Gasteiger partial charge < -0.3 is 10.1 Å². The van der Waals surface area contributed by atoms with E-state index in [1.54, 1.807) is 18.2 Å². The van der Waals surface area contributed by atoms with E-state index in [2.05, 4.69) is 22.1 Å². The van der Waals surface area contributed by atoms with Gasteiger partial charge in [0.2, 0.25) is 0 Å². The maximum Gasteiger partial charge on any atom is 0.408 e. The van der Waals surface area contributed by atoms with Crippen LogP contribution in [0.1, 0.15) is 21.7 Å². The van der Waals surface area contributed by atoms with Crippen molar-refractivity contribution < 1.29 is 14.3 Å². The number of amides is 1. The molecule has 2 rings (SSSR count). The summed E-state index contributed by atoms with van der Waals surface area (Å²) >= 11 is 0. The molecule has 5 nitrogen and oxygen atoms in total. The number of aromatic nitrogens is 1. The van der Waals surface area contributed by atoms with Crippen molar-refractivity contribution in [1.82, 2.24) is 10.3 Å². The van der Waals surface area contributed by atoms with Gasteiger partial charge >= 0.3 is 6.09 Å². The molecule has 1 aromatic heterocycles. The van der Waals surface area contributed by atoms with Crippen molar-refractivity contribution in [2.24, 2.45) is 0 Å². The molecule has 2 aromatic rings. The molecule has 0 radical (unpaired) electrons. The number of hydrogen-bond acceptors (Lipinski definition) is 4. The Hall–Kier alpha value is -3.13. The van der Waals surface area contributed by atoms with Crippen LogP contribution in [0.25, 0.3) is 0 Å². The van der Waals surface area contributed by atoms with Crippen LogP contribution >= 0.6 is 0 Å². The van der Waals surface area contributed by atoms with Gasteiger partial charge in [0.05, 0.1) is 6.54 Å². The number of carbonyl (C=O) groups is 2. The quantitative estimate of drug-likeness (QED) is 0.693. The lowest BCUT2D eigenvalue weighted by molar-refractivity contribution is 0.111. The SMILES string of the molecule is O=Cc1cccc(C#CCNC(=O)OCc2ccccc2)n1.